The molecule has 0 fully saturated rings. The van der Waals surface area contributed by atoms with Gasteiger partial charge in [-0.25, -0.2) is 0 Å². The van der Waals surface area contributed by atoms with Crippen LogP contribution in [0.5, 0.6) is 11.5 Å². The lowest BCUT2D eigenvalue weighted by atomic mass is 10.0. The van der Waals surface area contributed by atoms with E-state index in [4.69, 9.17) is 9.47 Å². The van der Waals surface area contributed by atoms with Crippen molar-refractivity contribution in [3.8, 4) is 21.9 Å². The second kappa shape index (κ2) is 17.5. The summed E-state index contributed by atoms with van der Waals surface area (Å²) in [5.74, 6) is 1.70. The maximum absolute atomic E-state index is 13.7. The summed E-state index contributed by atoms with van der Waals surface area (Å²) in [4.78, 5) is 28.8. The minimum absolute atomic E-state index is 0.0254. The number of thiophene rings is 1. The number of methoxy groups -OCH3 is 1. The lowest BCUT2D eigenvalue weighted by molar-refractivity contribution is 0.104. The minimum Gasteiger partial charge on any atom is -0.497 e. The predicted molar refractivity (Wildman–Crippen MR) is 221 cm³/mol. The number of ketones is 1. The van der Waals surface area contributed by atoms with Crippen LogP contribution in [0.4, 0.5) is 17.1 Å². The number of carbonyl (C=O) groups is 2. The Morgan fingerprint density at radius 3 is 2.02 bits per heavy atom. The summed E-state index contributed by atoms with van der Waals surface area (Å²) in [6.45, 7) is 8.48. The monoisotopic (exact) mass is 723 g/mol. The number of hydrogen-bond acceptors (Lipinski definition) is 6. The van der Waals surface area contributed by atoms with E-state index in [1.807, 2.05) is 55.5 Å². The Kier molecular flexibility index (Phi) is 12.4. The fourth-order valence-electron chi connectivity index (χ4n) is 6.95. The highest BCUT2D eigenvalue weighted by Crippen LogP contribution is 2.40. The van der Waals surface area contributed by atoms with Crippen LogP contribution < -0.4 is 14.4 Å². The van der Waals surface area contributed by atoms with Crippen molar-refractivity contribution in [2.75, 3.05) is 12.0 Å². The van der Waals surface area contributed by atoms with Crippen LogP contribution in [-0.4, -0.2) is 25.3 Å². The lowest BCUT2D eigenvalue weighted by Crippen LogP contribution is -2.12. The number of anilines is 3. The van der Waals surface area contributed by atoms with E-state index in [0.717, 1.165) is 74.0 Å². The Morgan fingerprint density at radius 1 is 0.774 bits per heavy atom. The summed E-state index contributed by atoms with van der Waals surface area (Å²) in [5, 5.41) is 0. The van der Waals surface area contributed by atoms with Crippen LogP contribution in [0.2, 0.25) is 0 Å². The first-order chi connectivity index (χ1) is 25.8. The summed E-state index contributed by atoms with van der Waals surface area (Å²) in [6.07, 6.45) is 11.8. The average Bonchev–Trinajstić information content (AvgIpc) is 3.76. The molecule has 1 aliphatic carbocycles. The number of ether oxygens (including phenoxy) is 2. The van der Waals surface area contributed by atoms with Crippen LogP contribution in [-0.2, 0) is 0 Å². The number of benzene rings is 4. The van der Waals surface area contributed by atoms with Crippen LogP contribution >= 0.6 is 11.3 Å². The van der Waals surface area contributed by atoms with Gasteiger partial charge in [0, 0.05) is 33.1 Å². The van der Waals surface area contributed by atoms with Gasteiger partial charge in [-0.1, -0.05) is 63.3 Å². The number of fused-ring (bicyclic) bond motifs is 1. The van der Waals surface area contributed by atoms with E-state index in [2.05, 4.69) is 86.3 Å². The van der Waals surface area contributed by atoms with E-state index < -0.39 is 0 Å². The van der Waals surface area contributed by atoms with Crippen LogP contribution in [0.25, 0.3) is 21.6 Å². The van der Waals surface area contributed by atoms with Crippen molar-refractivity contribution in [2.24, 2.45) is 0 Å². The number of hydrogen-bond donors (Lipinski definition) is 0. The van der Waals surface area contributed by atoms with Gasteiger partial charge in [0.1, 0.15) is 11.5 Å². The van der Waals surface area contributed by atoms with Gasteiger partial charge in [-0.15, -0.1) is 11.3 Å². The molecule has 1 aliphatic rings. The smallest absolute Gasteiger partial charge is 0.193 e. The molecule has 6 rings (SSSR count). The molecule has 0 radical (unpaired) electrons. The molecular formula is C47H49NO4S. The van der Waals surface area contributed by atoms with Crippen molar-refractivity contribution in [1.29, 1.82) is 0 Å². The molecule has 272 valence electrons. The van der Waals surface area contributed by atoms with Gasteiger partial charge < -0.3 is 14.4 Å². The predicted octanol–water partition coefficient (Wildman–Crippen LogP) is 13.3. The van der Waals surface area contributed by atoms with Crippen LogP contribution in [0.15, 0.2) is 115 Å². The van der Waals surface area contributed by atoms with Crippen LogP contribution in [0.3, 0.4) is 0 Å². The Balaban J connectivity index is 1.19. The van der Waals surface area contributed by atoms with Crippen LogP contribution in [0, 0.1) is 0 Å². The van der Waals surface area contributed by atoms with E-state index >= 15 is 0 Å². The standard InChI is InChI=1S/C47H49NO4S/c1-6-7-8-9-10-11-12-33(3)52-41-24-20-39(21-25-41)48(38-18-22-40(51-5)23-19-38)37-16-13-35(14-17-37)32(2)29-44-34(4)43-27-15-36(30-45(43)47(44)50)46-28-26-42(31-49)53-46/h13-31,33H,6-12H2,1-5H3. The SMILES string of the molecule is CCCCCCCCC(C)Oc1ccc(N(c2ccc(OC)cc2)c2ccc(C(C)=CC3=C(C)c4ccc(-c5ccc(C=O)s5)cc4C3=O)cc2)cc1. The Bertz CT molecular complexity index is 2090. The molecule has 0 saturated heterocycles. The molecule has 0 bridgehead atoms. The molecule has 1 heterocycles. The topological polar surface area (TPSA) is 55.8 Å². The summed E-state index contributed by atoms with van der Waals surface area (Å²) in [6, 6.07) is 34.6. The van der Waals surface area contributed by atoms with E-state index in [9.17, 15) is 9.59 Å². The zero-order valence-corrected chi connectivity index (χ0v) is 32.3. The molecule has 1 unspecified atom stereocenters. The van der Waals surface area contributed by atoms with Crippen molar-refractivity contribution in [2.45, 2.75) is 78.7 Å². The average molecular weight is 724 g/mol. The number of Topliss-reactive ketones (excluding diaryl/α,β-unsaturated/α-hetero) is 1. The third-order valence-electron chi connectivity index (χ3n) is 10.0. The summed E-state index contributed by atoms with van der Waals surface area (Å²) in [5.41, 5.74) is 9.38. The first kappa shape index (κ1) is 37.6. The minimum atomic E-state index is 0.0254. The normalized spacial score (nSPS) is 13.2. The maximum atomic E-state index is 13.7. The second-order valence-corrected chi connectivity index (χ2v) is 14.9. The van der Waals surface area contributed by atoms with Crippen molar-refractivity contribution in [1.82, 2.24) is 0 Å². The van der Waals surface area contributed by atoms with Gasteiger partial charge in [-0.3, -0.25) is 9.59 Å². The van der Waals surface area contributed by atoms with E-state index in [1.165, 1.54) is 49.9 Å². The van der Waals surface area contributed by atoms with Crippen molar-refractivity contribution in [3.63, 3.8) is 0 Å². The molecule has 1 aromatic heterocycles. The van der Waals surface area contributed by atoms with Crippen molar-refractivity contribution < 1.29 is 19.1 Å². The summed E-state index contributed by atoms with van der Waals surface area (Å²) in [7, 11) is 1.68. The molecule has 0 aliphatic heterocycles. The molecule has 0 spiro atoms. The highest BCUT2D eigenvalue weighted by Gasteiger charge is 2.27. The third kappa shape index (κ3) is 8.89. The number of carbonyl (C=O) groups excluding carboxylic acids is 2. The summed E-state index contributed by atoms with van der Waals surface area (Å²) >= 11 is 1.43. The number of nitrogens with zero attached hydrogens (tertiary/aromatic N) is 1. The van der Waals surface area contributed by atoms with Gasteiger partial charge in [0.05, 0.1) is 18.1 Å². The lowest BCUT2D eigenvalue weighted by Gasteiger charge is -2.26. The van der Waals surface area contributed by atoms with Crippen molar-refractivity contribution in [3.05, 3.63) is 136 Å². The van der Waals surface area contributed by atoms with E-state index in [0.29, 0.717) is 16.0 Å². The molecule has 5 aromatic rings. The zero-order valence-electron chi connectivity index (χ0n) is 31.5. The fourth-order valence-corrected chi connectivity index (χ4v) is 7.77. The quantitative estimate of drug-likeness (QED) is 0.0706. The molecule has 1 atom stereocenters. The number of unbranched alkanes of at least 4 members (excludes halogenated alkanes) is 5. The first-order valence-electron chi connectivity index (χ1n) is 18.7. The highest BCUT2D eigenvalue weighted by molar-refractivity contribution is 7.17. The summed E-state index contributed by atoms with van der Waals surface area (Å²) < 4.78 is 11.8. The maximum Gasteiger partial charge on any atom is 0.193 e. The Hall–Kier alpha value is -5.20. The number of allylic oxidation sites excluding steroid dienone is 4. The van der Waals surface area contributed by atoms with Gasteiger partial charge in [-0.05, 0) is 146 Å². The Labute approximate surface area is 318 Å². The van der Waals surface area contributed by atoms with Gasteiger partial charge in [-0.2, -0.15) is 0 Å². The molecule has 0 amide bonds. The number of aldehydes is 1. The molecule has 53 heavy (non-hydrogen) atoms. The van der Waals surface area contributed by atoms with Gasteiger partial charge >= 0.3 is 0 Å². The zero-order chi connectivity index (χ0) is 37.3. The van der Waals surface area contributed by atoms with E-state index in [-0.39, 0.29) is 11.9 Å². The first-order valence-corrected chi connectivity index (χ1v) is 19.6. The van der Waals surface area contributed by atoms with Gasteiger partial charge in [0.2, 0.25) is 0 Å². The largest absolute Gasteiger partial charge is 0.497 e. The van der Waals surface area contributed by atoms with Crippen LogP contribution in [0.1, 0.15) is 104 Å². The third-order valence-corrected chi connectivity index (χ3v) is 11.1. The van der Waals surface area contributed by atoms with Crippen molar-refractivity contribution >= 4 is 51.6 Å². The Morgan fingerprint density at radius 2 is 1.40 bits per heavy atom. The molecule has 4 aromatic carbocycles. The molecule has 0 N–H and O–H groups in total. The highest BCUT2D eigenvalue weighted by atomic mass is 32.1. The molecule has 5 nitrogen and oxygen atoms in total. The second-order valence-electron chi connectivity index (χ2n) is 13.8. The fraction of sp³-hybridized carbons (Fsp3) is 0.277. The van der Waals surface area contributed by atoms with Gasteiger partial charge in [0.15, 0.2) is 12.1 Å². The molecule has 0 saturated carbocycles. The number of rotatable bonds is 17. The molecular weight excluding hydrogens is 675 g/mol. The van der Waals surface area contributed by atoms with Gasteiger partial charge in [0.25, 0.3) is 0 Å². The van der Waals surface area contributed by atoms with E-state index in [1.54, 1.807) is 7.11 Å². The molecule has 6 heteroatoms.